The molecule has 0 N–H and O–H groups in total. The second kappa shape index (κ2) is 6.58. The van der Waals surface area contributed by atoms with Crippen LogP contribution < -0.4 is 9.47 Å². The van der Waals surface area contributed by atoms with Crippen LogP contribution in [-0.4, -0.2) is 7.11 Å². The normalized spacial score (nSPS) is 17.8. The molecular formula is C26H20O2. The fourth-order valence-electron chi connectivity index (χ4n) is 3.95. The largest absolute Gasteiger partial charge is 0.497 e. The van der Waals surface area contributed by atoms with E-state index >= 15 is 0 Å². The van der Waals surface area contributed by atoms with Gasteiger partial charge in [-0.1, -0.05) is 72.8 Å². The molecule has 0 aromatic heterocycles. The Bertz CT molecular complexity index is 1160. The molecular weight excluding hydrogens is 344 g/mol. The van der Waals surface area contributed by atoms with Gasteiger partial charge in [-0.05, 0) is 41.1 Å². The predicted octanol–water partition coefficient (Wildman–Crippen LogP) is 6.20. The van der Waals surface area contributed by atoms with Crippen molar-refractivity contribution in [1.29, 1.82) is 0 Å². The number of hydrogen-bond donors (Lipinski definition) is 0. The molecule has 2 nitrogen and oxygen atoms in total. The zero-order valence-corrected chi connectivity index (χ0v) is 15.6. The molecule has 0 aliphatic carbocycles. The number of hydrogen-bond acceptors (Lipinski definition) is 2. The van der Waals surface area contributed by atoms with Crippen LogP contribution in [0, 0.1) is 0 Å². The maximum Gasteiger partial charge on any atom is 0.178 e. The second-order valence-electron chi connectivity index (χ2n) is 6.96. The van der Waals surface area contributed by atoms with E-state index in [9.17, 15) is 0 Å². The van der Waals surface area contributed by atoms with Crippen LogP contribution in [0.4, 0.5) is 0 Å². The lowest BCUT2D eigenvalue weighted by Crippen LogP contribution is -2.34. The minimum atomic E-state index is -0.678. The fraction of sp³-hybridized carbons (Fsp3) is 0.0769. The Morgan fingerprint density at radius 2 is 1.43 bits per heavy atom. The third-order valence-electron chi connectivity index (χ3n) is 5.41. The lowest BCUT2D eigenvalue weighted by atomic mass is 9.83. The molecule has 4 aromatic carbocycles. The number of benzene rings is 4. The van der Waals surface area contributed by atoms with Crippen molar-refractivity contribution in [3.05, 3.63) is 114 Å². The van der Waals surface area contributed by atoms with Gasteiger partial charge in [0.1, 0.15) is 11.5 Å². The van der Waals surface area contributed by atoms with E-state index in [0.29, 0.717) is 0 Å². The summed E-state index contributed by atoms with van der Waals surface area (Å²) in [6, 6.07) is 31.1. The first-order valence-corrected chi connectivity index (χ1v) is 9.40. The standard InChI is InChI=1S/C26H20O2/c1-27-22-14-12-21(13-15-22)26(20-8-3-2-4-9-20)18-17-24-23-10-6-5-7-19(23)11-16-25(24)28-26/h2-18H,1H3/t26-/m0/s1. The molecule has 0 saturated heterocycles. The van der Waals surface area contributed by atoms with Gasteiger partial charge in [-0.3, -0.25) is 0 Å². The molecule has 1 heterocycles. The number of methoxy groups -OCH3 is 1. The number of rotatable bonds is 3. The monoisotopic (exact) mass is 364 g/mol. The van der Waals surface area contributed by atoms with E-state index in [4.69, 9.17) is 9.47 Å². The molecule has 5 rings (SSSR count). The van der Waals surface area contributed by atoms with E-state index in [1.54, 1.807) is 7.11 Å². The van der Waals surface area contributed by atoms with Gasteiger partial charge in [0.05, 0.1) is 7.11 Å². The highest BCUT2D eigenvalue weighted by Gasteiger charge is 2.37. The molecule has 1 aliphatic rings. The van der Waals surface area contributed by atoms with Gasteiger partial charge < -0.3 is 9.47 Å². The summed E-state index contributed by atoms with van der Waals surface area (Å²) in [5.74, 6) is 1.72. The summed E-state index contributed by atoms with van der Waals surface area (Å²) in [7, 11) is 1.68. The van der Waals surface area contributed by atoms with Crippen LogP contribution in [0.5, 0.6) is 11.5 Å². The summed E-state index contributed by atoms with van der Waals surface area (Å²) < 4.78 is 12.1. The summed E-state index contributed by atoms with van der Waals surface area (Å²) in [5, 5.41) is 2.42. The lowest BCUT2D eigenvalue weighted by Gasteiger charge is -2.36. The average Bonchev–Trinajstić information content (AvgIpc) is 2.79. The molecule has 28 heavy (non-hydrogen) atoms. The van der Waals surface area contributed by atoms with Gasteiger partial charge in [0.2, 0.25) is 0 Å². The Hall–Kier alpha value is -3.52. The lowest BCUT2D eigenvalue weighted by molar-refractivity contribution is 0.161. The van der Waals surface area contributed by atoms with Crippen molar-refractivity contribution in [2.24, 2.45) is 0 Å². The Kier molecular flexibility index (Phi) is 3.91. The van der Waals surface area contributed by atoms with Gasteiger partial charge in [0, 0.05) is 16.7 Å². The Balaban J connectivity index is 1.71. The van der Waals surface area contributed by atoms with Crippen molar-refractivity contribution in [3.63, 3.8) is 0 Å². The first kappa shape index (κ1) is 16.6. The SMILES string of the molecule is COc1ccc([C@@]2(c3ccccc3)C=Cc3c(ccc4ccccc34)O2)cc1. The Morgan fingerprint density at radius 3 is 2.21 bits per heavy atom. The smallest absolute Gasteiger partial charge is 0.178 e. The highest BCUT2D eigenvalue weighted by molar-refractivity contribution is 5.94. The molecule has 0 fully saturated rings. The summed E-state index contributed by atoms with van der Waals surface area (Å²) in [6.45, 7) is 0. The first-order chi connectivity index (χ1) is 13.8. The maximum atomic E-state index is 6.75. The van der Waals surface area contributed by atoms with Gasteiger partial charge in [-0.15, -0.1) is 0 Å². The highest BCUT2D eigenvalue weighted by Crippen LogP contribution is 2.44. The summed E-state index contributed by atoms with van der Waals surface area (Å²) in [4.78, 5) is 0. The molecule has 1 aliphatic heterocycles. The van der Waals surface area contributed by atoms with E-state index in [0.717, 1.165) is 28.2 Å². The maximum absolute atomic E-state index is 6.75. The molecule has 0 saturated carbocycles. The zero-order valence-electron chi connectivity index (χ0n) is 15.6. The van der Waals surface area contributed by atoms with Crippen molar-refractivity contribution in [1.82, 2.24) is 0 Å². The zero-order chi connectivity index (χ0) is 19.0. The van der Waals surface area contributed by atoms with Crippen LogP contribution in [0.15, 0.2) is 97.1 Å². The minimum Gasteiger partial charge on any atom is -0.497 e. The minimum absolute atomic E-state index is 0.678. The molecule has 4 aromatic rings. The predicted molar refractivity (Wildman–Crippen MR) is 114 cm³/mol. The summed E-state index contributed by atoms with van der Waals surface area (Å²) >= 11 is 0. The third-order valence-corrected chi connectivity index (χ3v) is 5.41. The van der Waals surface area contributed by atoms with Crippen molar-refractivity contribution < 1.29 is 9.47 Å². The van der Waals surface area contributed by atoms with Crippen LogP contribution in [-0.2, 0) is 5.60 Å². The van der Waals surface area contributed by atoms with Gasteiger partial charge in [0.15, 0.2) is 5.60 Å². The van der Waals surface area contributed by atoms with Gasteiger partial charge >= 0.3 is 0 Å². The summed E-state index contributed by atoms with van der Waals surface area (Å²) in [6.07, 6.45) is 4.36. The second-order valence-corrected chi connectivity index (χ2v) is 6.96. The van der Waals surface area contributed by atoms with Crippen LogP contribution >= 0.6 is 0 Å². The highest BCUT2D eigenvalue weighted by atomic mass is 16.5. The summed E-state index contributed by atoms with van der Waals surface area (Å²) in [5.41, 5.74) is 2.60. The van der Waals surface area contributed by atoms with Gasteiger partial charge in [-0.25, -0.2) is 0 Å². The van der Waals surface area contributed by atoms with E-state index in [1.807, 2.05) is 30.3 Å². The molecule has 0 spiro atoms. The molecule has 0 unspecified atom stereocenters. The molecule has 0 bridgehead atoms. The van der Waals surface area contributed by atoms with Crippen molar-refractivity contribution in [2.75, 3.05) is 7.11 Å². The van der Waals surface area contributed by atoms with Gasteiger partial charge in [0.25, 0.3) is 0 Å². The van der Waals surface area contributed by atoms with Crippen LogP contribution in [0.2, 0.25) is 0 Å². The fourth-order valence-corrected chi connectivity index (χ4v) is 3.95. The number of ether oxygens (including phenoxy) is 2. The van der Waals surface area contributed by atoms with Crippen molar-refractivity contribution in [2.45, 2.75) is 5.60 Å². The first-order valence-electron chi connectivity index (χ1n) is 9.40. The van der Waals surface area contributed by atoms with E-state index in [-0.39, 0.29) is 0 Å². The average molecular weight is 364 g/mol. The van der Waals surface area contributed by atoms with E-state index in [1.165, 1.54) is 10.8 Å². The van der Waals surface area contributed by atoms with Crippen molar-refractivity contribution in [3.8, 4) is 11.5 Å². The molecule has 2 heteroatoms. The van der Waals surface area contributed by atoms with Crippen molar-refractivity contribution >= 4 is 16.8 Å². The van der Waals surface area contributed by atoms with Crippen LogP contribution in [0.3, 0.4) is 0 Å². The third kappa shape index (κ3) is 2.57. The molecule has 0 radical (unpaired) electrons. The molecule has 136 valence electrons. The quantitative estimate of drug-likeness (QED) is 0.431. The Labute approximate surface area is 164 Å². The molecule has 0 amide bonds. The Morgan fingerprint density at radius 1 is 0.714 bits per heavy atom. The van der Waals surface area contributed by atoms with Crippen LogP contribution in [0.1, 0.15) is 16.7 Å². The number of fused-ring (bicyclic) bond motifs is 3. The molecule has 1 atom stereocenters. The van der Waals surface area contributed by atoms with Crippen LogP contribution in [0.25, 0.3) is 16.8 Å². The van der Waals surface area contributed by atoms with E-state index < -0.39 is 5.60 Å². The topological polar surface area (TPSA) is 18.5 Å². The van der Waals surface area contributed by atoms with Gasteiger partial charge in [-0.2, -0.15) is 0 Å². The van der Waals surface area contributed by atoms with E-state index in [2.05, 4.69) is 72.8 Å².